The van der Waals surface area contributed by atoms with E-state index in [1.807, 2.05) is 38.0 Å². The molecule has 0 bridgehead atoms. The van der Waals surface area contributed by atoms with Gasteiger partial charge in [-0.2, -0.15) is 0 Å². The van der Waals surface area contributed by atoms with E-state index in [-0.39, 0.29) is 45.7 Å². The van der Waals surface area contributed by atoms with Crippen LogP contribution in [0.25, 0.3) is 0 Å². The molecule has 0 aliphatic rings. The Morgan fingerprint density at radius 2 is 1.43 bits per heavy atom. The first-order chi connectivity index (χ1) is 9.88. The molecular formula is C16H28Br2N2O3. The fourth-order valence-electron chi connectivity index (χ4n) is 2.33. The quantitative estimate of drug-likeness (QED) is 0.563. The molecule has 0 heterocycles. The van der Waals surface area contributed by atoms with E-state index in [2.05, 4.69) is 0 Å². The van der Waals surface area contributed by atoms with Gasteiger partial charge in [0.2, 0.25) is 0 Å². The zero-order valence-electron chi connectivity index (χ0n) is 14.7. The number of hydrogen-bond donors (Lipinski definition) is 0. The van der Waals surface area contributed by atoms with E-state index in [4.69, 9.17) is 9.47 Å². The van der Waals surface area contributed by atoms with Crippen molar-refractivity contribution >= 4 is 39.7 Å². The van der Waals surface area contributed by atoms with Gasteiger partial charge in [0.1, 0.15) is 0 Å². The standard InChI is InChI=1S/C16H26N2O3.2BrH/c1-17(2)10-13(11-18(3)4)16(19)12-7-8-14(20-5)15(9-12)21-6;;/h7-9,13H,10-11H2,1-6H3;2*1H. The number of ether oxygens (including phenoxy) is 2. The highest BCUT2D eigenvalue weighted by Crippen LogP contribution is 2.28. The van der Waals surface area contributed by atoms with Crippen molar-refractivity contribution in [3.05, 3.63) is 23.8 Å². The number of ketones is 1. The minimum Gasteiger partial charge on any atom is -0.493 e. The van der Waals surface area contributed by atoms with Crippen LogP contribution in [0.1, 0.15) is 10.4 Å². The van der Waals surface area contributed by atoms with Crippen LogP contribution in [0.2, 0.25) is 0 Å². The molecule has 0 N–H and O–H groups in total. The first-order valence-electron chi connectivity index (χ1n) is 6.94. The summed E-state index contributed by atoms with van der Waals surface area (Å²) in [5.41, 5.74) is 0.654. The first kappa shape index (κ1) is 24.6. The molecule has 0 saturated carbocycles. The highest BCUT2D eigenvalue weighted by atomic mass is 79.9. The number of carbonyl (C=O) groups is 1. The number of benzene rings is 1. The van der Waals surface area contributed by atoms with Crippen LogP contribution >= 0.6 is 34.0 Å². The van der Waals surface area contributed by atoms with E-state index in [0.29, 0.717) is 30.2 Å². The summed E-state index contributed by atoms with van der Waals surface area (Å²) >= 11 is 0. The van der Waals surface area contributed by atoms with E-state index in [1.165, 1.54) is 0 Å². The third-order valence-corrected chi connectivity index (χ3v) is 3.21. The van der Waals surface area contributed by atoms with Crippen molar-refractivity contribution in [2.24, 2.45) is 5.92 Å². The summed E-state index contributed by atoms with van der Waals surface area (Å²) in [4.78, 5) is 16.8. The molecule has 0 atom stereocenters. The Hall–Kier alpha value is -0.630. The summed E-state index contributed by atoms with van der Waals surface area (Å²) in [6, 6.07) is 5.32. The lowest BCUT2D eigenvalue weighted by Crippen LogP contribution is -2.35. The van der Waals surface area contributed by atoms with E-state index in [0.717, 1.165) is 0 Å². The van der Waals surface area contributed by atoms with Crippen molar-refractivity contribution in [1.82, 2.24) is 9.80 Å². The van der Waals surface area contributed by atoms with Gasteiger partial charge in [-0.1, -0.05) is 0 Å². The van der Waals surface area contributed by atoms with Crippen molar-refractivity contribution in [2.75, 3.05) is 55.5 Å². The molecule has 134 valence electrons. The van der Waals surface area contributed by atoms with Gasteiger partial charge in [-0.05, 0) is 46.4 Å². The number of halogens is 2. The number of methoxy groups -OCH3 is 2. The fourth-order valence-corrected chi connectivity index (χ4v) is 2.33. The number of nitrogens with zero attached hydrogens (tertiary/aromatic N) is 2. The molecule has 7 heteroatoms. The van der Waals surface area contributed by atoms with Gasteiger partial charge in [0.15, 0.2) is 17.3 Å². The monoisotopic (exact) mass is 454 g/mol. The molecule has 0 aliphatic carbocycles. The highest BCUT2D eigenvalue weighted by molar-refractivity contribution is 8.93. The average Bonchev–Trinajstić information content (AvgIpc) is 2.44. The third-order valence-electron chi connectivity index (χ3n) is 3.21. The zero-order chi connectivity index (χ0) is 16.0. The van der Waals surface area contributed by atoms with Gasteiger partial charge >= 0.3 is 0 Å². The van der Waals surface area contributed by atoms with E-state index in [1.54, 1.807) is 32.4 Å². The van der Waals surface area contributed by atoms with E-state index < -0.39 is 0 Å². The normalized spacial score (nSPS) is 10.3. The number of carbonyl (C=O) groups excluding carboxylic acids is 1. The van der Waals surface area contributed by atoms with Gasteiger partial charge in [0, 0.05) is 24.6 Å². The van der Waals surface area contributed by atoms with Crippen LogP contribution in [0.15, 0.2) is 18.2 Å². The Morgan fingerprint density at radius 3 is 1.83 bits per heavy atom. The second kappa shape index (κ2) is 11.8. The van der Waals surface area contributed by atoms with Gasteiger partial charge in [0.05, 0.1) is 14.2 Å². The number of hydrogen-bond acceptors (Lipinski definition) is 5. The molecule has 0 aromatic heterocycles. The summed E-state index contributed by atoms with van der Waals surface area (Å²) in [6.45, 7) is 1.43. The molecular weight excluding hydrogens is 428 g/mol. The summed E-state index contributed by atoms with van der Waals surface area (Å²) < 4.78 is 10.5. The zero-order valence-corrected chi connectivity index (χ0v) is 18.1. The van der Waals surface area contributed by atoms with Gasteiger partial charge in [-0.15, -0.1) is 34.0 Å². The molecule has 5 nitrogen and oxygen atoms in total. The van der Waals surface area contributed by atoms with Crippen LogP contribution in [-0.2, 0) is 0 Å². The molecule has 0 radical (unpaired) electrons. The second-order valence-corrected chi connectivity index (χ2v) is 5.66. The fraction of sp³-hybridized carbons (Fsp3) is 0.562. The summed E-state index contributed by atoms with van der Waals surface area (Å²) in [5.74, 6) is 1.26. The van der Waals surface area contributed by atoms with Gasteiger partial charge in [0.25, 0.3) is 0 Å². The molecule has 1 aromatic carbocycles. The van der Waals surface area contributed by atoms with Gasteiger partial charge in [-0.3, -0.25) is 4.79 Å². The van der Waals surface area contributed by atoms with Crippen LogP contribution in [0, 0.1) is 5.92 Å². The molecule has 0 fully saturated rings. The van der Waals surface area contributed by atoms with Crippen molar-refractivity contribution in [1.29, 1.82) is 0 Å². The Kier molecular flexibility index (Phi) is 12.7. The Bertz CT molecular complexity index is 472. The van der Waals surface area contributed by atoms with Crippen LogP contribution < -0.4 is 9.47 Å². The third kappa shape index (κ3) is 7.65. The Morgan fingerprint density at radius 1 is 0.957 bits per heavy atom. The SMILES string of the molecule is Br.Br.COc1ccc(C(=O)C(CN(C)C)CN(C)C)cc1OC. The Balaban J connectivity index is 0. The largest absolute Gasteiger partial charge is 0.493 e. The average molecular weight is 456 g/mol. The molecule has 0 unspecified atom stereocenters. The number of rotatable bonds is 8. The van der Waals surface area contributed by atoms with Crippen LogP contribution in [-0.4, -0.2) is 71.1 Å². The summed E-state index contributed by atoms with van der Waals surface area (Å²) in [7, 11) is 11.1. The molecule has 1 rings (SSSR count). The molecule has 0 aliphatic heterocycles. The predicted molar refractivity (Wildman–Crippen MR) is 105 cm³/mol. The topological polar surface area (TPSA) is 42.0 Å². The molecule has 0 spiro atoms. The van der Waals surface area contributed by atoms with Crippen molar-refractivity contribution < 1.29 is 14.3 Å². The maximum atomic E-state index is 12.7. The summed E-state index contributed by atoms with van der Waals surface area (Å²) in [5, 5.41) is 0. The van der Waals surface area contributed by atoms with Crippen molar-refractivity contribution in [3.63, 3.8) is 0 Å². The highest BCUT2D eigenvalue weighted by Gasteiger charge is 2.22. The molecule has 0 amide bonds. The van der Waals surface area contributed by atoms with Crippen molar-refractivity contribution in [2.45, 2.75) is 0 Å². The minimum atomic E-state index is -0.0758. The van der Waals surface area contributed by atoms with Gasteiger partial charge in [-0.25, -0.2) is 0 Å². The van der Waals surface area contributed by atoms with Gasteiger partial charge < -0.3 is 19.3 Å². The maximum absolute atomic E-state index is 12.7. The lowest BCUT2D eigenvalue weighted by molar-refractivity contribution is 0.0870. The summed E-state index contributed by atoms with van der Waals surface area (Å²) in [6.07, 6.45) is 0. The van der Waals surface area contributed by atoms with Crippen LogP contribution in [0.4, 0.5) is 0 Å². The predicted octanol–water partition coefficient (Wildman–Crippen LogP) is 2.78. The smallest absolute Gasteiger partial charge is 0.168 e. The molecule has 23 heavy (non-hydrogen) atoms. The lowest BCUT2D eigenvalue weighted by atomic mass is 9.96. The first-order valence-corrected chi connectivity index (χ1v) is 6.94. The molecule has 0 saturated heterocycles. The van der Waals surface area contributed by atoms with Crippen LogP contribution in [0.5, 0.6) is 11.5 Å². The van der Waals surface area contributed by atoms with E-state index in [9.17, 15) is 4.79 Å². The lowest BCUT2D eigenvalue weighted by Gasteiger charge is -2.23. The van der Waals surface area contributed by atoms with E-state index >= 15 is 0 Å². The minimum absolute atomic E-state index is 0. The second-order valence-electron chi connectivity index (χ2n) is 5.66. The molecule has 1 aromatic rings. The maximum Gasteiger partial charge on any atom is 0.168 e. The van der Waals surface area contributed by atoms with Crippen LogP contribution in [0.3, 0.4) is 0 Å². The van der Waals surface area contributed by atoms with Crippen molar-refractivity contribution in [3.8, 4) is 11.5 Å². The number of Topliss-reactive ketones (excluding diaryl/α,β-unsaturated/α-hetero) is 1. The Labute approximate surface area is 160 Å².